The van der Waals surface area contributed by atoms with Crippen molar-refractivity contribution < 1.29 is 13.2 Å². The van der Waals surface area contributed by atoms with Crippen LogP contribution in [0.4, 0.5) is 0 Å². The highest BCUT2D eigenvalue weighted by molar-refractivity contribution is 7.88. The van der Waals surface area contributed by atoms with Crippen LogP contribution < -0.4 is 15.4 Å². The summed E-state index contributed by atoms with van der Waals surface area (Å²) in [6, 6.07) is 7.39. The van der Waals surface area contributed by atoms with Crippen LogP contribution in [0, 0.1) is 0 Å². The summed E-state index contributed by atoms with van der Waals surface area (Å²) in [4.78, 5) is 4.12. The van der Waals surface area contributed by atoms with E-state index >= 15 is 0 Å². The molecule has 0 aliphatic heterocycles. The van der Waals surface area contributed by atoms with Gasteiger partial charge in [-0.2, -0.15) is 0 Å². The fraction of sp³-hybridized carbons (Fsp3) is 0.562. The number of benzene rings is 1. The fourth-order valence-corrected chi connectivity index (χ4v) is 3.48. The molecule has 1 rings (SSSR count). The van der Waals surface area contributed by atoms with Gasteiger partial charge < -0.3 is 15.4 Å². The molecule has 0 aliphatic rings. The first-order valence-corrected chi connectivity index (χ1v) is 9.53. The average molecular weight is 356 g/mol. The molecule has 0 aromatic heterocycles. The lowest BCUT2D eigenvalue weighted by Crippen LogP contribution is -2.38. The van der Waals surface area contributed by atoms with Gasteiger partial charge in [-0.1, -0.05) is 24.3 Å². The Morgan fingerprint density at radius 2 is 1.79 bits per heavy atom. The zero-order valence-electron chi connectivity index (χ0n) is 14.8. The summed E-state index contributed by atoms with van der Waals surface area (Å²) in [5, 5.41) is 6.32. The van der Waals surface area contributed by atoms with Gasteiger partial charge in [0.15, 0.2) is 5.96 Å². The van der Waals surface area contributed by atoms with Gasteiger partial charge in [-0.05, 0) is 25.0 Å². The minimum Gasteiger partial charge on any atom is -0.383 e. The molecular formula is C16H28N4O3S. The minimum atomic E-state index is -3.30. The number of guanidine groups is 1. The Balaban J connectivity index is 2.52. The van der Waals surface area contributed by atoms with Crippen LogP contribution in [0.5, 0.6) is 0 Å². The third-order valence-electron chi connectivity index (χ3n) is 3.08. The number of sulfonamides is 1. The average Bonchev–Trinajstić information content (AvgIpc) is 2.50. The number of rotatable bonds is 9. The van der Waals surface area contributed by atoms with E-state index in [4.69, 9.17) is 4.74 Å². The van der Waals surface area contributed by atoms with Crippen LogP contribution in [0.3, 0.4) is 0 Å². The molecule has 0 spiro atoms. The van der Waals surface area contributed by atoms with E-state index in [0.29, 0.717) is 25.7 Å². The second-order valence-corrected chi connectivity index (χ2v) is 7.45. The summed E-state index contributed by atoms with van der Waals surface area (Å²) < 4.78 is 31.4. The number of ether oxygens (including phenoxy) is 1. The number of nitrogens with zero attached hydrogens (tertiary/aromatic N) is 1. The number of methoxy groups -OCH3 is 1. The van der Waals surface area contributed by atoms with E-state index in [9.17, 15) is 8.42 Å². The topological polar surface area (TPSA) is 91.8 Å². The highest BCUT2D eigenvalue weighted by Gasteiger charge is 2.12. The summed E-state index contributed by atoms with van der Waals surface area (Å²) in [5.41, 5.74) is 1.80. The van der Waals surface area contributed by atoms with Crippen LogP contribution in [-0.4, -0.2) is 47.7 Å². The molecule has 1 aromatic rings. The van der Waals surface area contributed by atoms with Crippen LogP contribution in [-0.2, 0) is 27.1 Å². The van der Waals surface area contributed by atoms with Crippen molar-refractivity contribution in [3.63, 3.8) is 0 Å². The number of aliphatic imine (C=N–C) groups is 1. The number of nitrogens with one attached hydrogen (secondary N) is 3. The first-order valence-electron chi connectivity index (χ1n) is 7.87. The molecule has 0 bridgehead atoms. The summed E-state index contributed by atoms with van der Waals surface area (Å²) in [6.07, 6.45) is 0. The molecule has 8 heteroatoms. The summed E-state index contributed by atoms with van der Waals surface area (Å²) in [7, 11) is 0.0594. The van der Waals surface area contributed by atoms with Crippen LogP contribution >= 0.6 is 0 Å². The van der Waals surface area contributed by atoms with Crippen molar-refractivity contribution >= 4 is 16.0 Å². The largest absolute Gasteiger partial charge is 0.383 e. The molecule has 136 valence electrons. The van der Waals surface area contributed by atoms with Gasteiger partial charge in [0.1, 0.15) is 0 Å². The Bertz CT molecular complexity index is 613. The predicted octanol–water partition coefficient (Wildman–Crippen LogP) is 0.826. The molecule has 0 unspecified atom stereocenters. The van der Waals surface area contributed by atoms with Gasteiger partial charge in [0.25, 0.3) is 0 Å². The van der Waals surface area contributed by atoms with Crippen molar-refractivity contribution in [3.05, 3.63) is 35.4 Å². The minimum absolute atomic E-state index is 0.0148. The zero-order valence-corrected chi connectivity index (χ0v) is 15.6. The third kappa shape index (κ3) is 8.28. The Hall–Kier alpha value is -1.64. The summed E-state index contributed by atoms with van der Waals surface area (Å²) >= 11 is 0. The van der Waals surface area contributed by atoms with Crippen LogP contribution in [0.25, 0.3) is 0 Å². The summed E-state index contributed by atoms with van der Waals surface area (Å²) in [6.45, 7) is 5.49. The smallest absolute Gasteiger partial charge is 0.216 e. The SMILES string of the molecule is CN=C(NCCOC)NCc1ccc(CS(=O)(=O)NC(C)C)cc1. The second kappa shape index (κ2) is 10.3. The Morgan fingerprint density at radius 1 is 1.17 bits per heavy atom. The highest BCUT2D eigenvalue weighted by atomic mass is 32.2. The molecule has 0 amide bonds. The van der Waals surface area contributed by atoms with Crippen molar-refractivity contribution in [2.75, 3.05) is 27.3 Å². The molecule has 7 nitrogen and oxygen atoms in total. The highest BCUT2D eigenvalue weighted by Crippen LogP contribution is 2.08. The van der Waals surface area contributed by atoms with Crippen LogP contribution in [0.1, 0.15) is 25.0 Å². The zero-order chi connectivity index (χ0) is 18.0. The first kappa shape index (κ1) is 20.4. The van der Waals surface area contributed by atoms with E-state index in [-0.39, 0.29) is 11.8 Å². The van der Waals surface area contributed by atoms with E-state index < -0.39 is 10.0 Å². The van der Waals surface area contributed by atoms with Crippen molar-refractivity contribution in [3.8, 4) is 0 Å². The maximum Gasteiger partial charge on any atom is 0.216 e. The van der Waals surface area contributed by atoms with Gasteiger partial charge in [0.2, 0.25) is 10.0 Å². The Labute approximate surface area is 145 Å². The normalized spacial score (nSPS) is 12.5. The monoisotopic (exact) mass is 356 g/mol. The molecule has 3 N–H and O–H groups in total. The molecule has 0 aliphatic carbocycles. The molecule has 0 heterocycles. The van der Waals surface area contributed by atoms with E-state index in [2.05, 4.69) is 20.3 Å². The molecule has 1 aromatic carbocycles. The summed E-state index contributed by atoms with van der Waals surface area (Å²) in [5.74, 6) is 0.680. The van der Waals surface area contributed by atoms with E-state index in [1.165, 1.54) is 0 Å². The molecule has 0 radical (unpaired) electrons. The van der Waals surface area contributed by atoms with Gasteiger partial charge in [-0.3, -0.25) is 4.99 Å². The van der Waals surface area contributed by atoms with Crippen molar-refractivity contribution in [1.82, 2.24) is 15.4 Å². The van der Waals surface area contributed by atoms with Crippen molar-refractivity contribution in [2.24, 2.45) is 4.99 Å². The molecule has 24 heavy (non-hydrogen) atoms. The standard InChI is InChI=1S/C16H28N4O3S/c1-13(2)20-24(21,22)12-15-7-5-14(6-8-15)11-19-16(17-3)18-9-10-23-4/h5-8,13,20H,9-12H2,1-4H3,(H2,17,18,19). The predicted molar refractivity (Wildman–Crippen MR) is 97.4 cm³/mol. The molecule has 0 fully saturated rings. The van der Waals surface area contributed by atoms with E-state index in [0.717, 1.165) is 11.1 Å². The fourth-order valence-electron chi connectivity index (χ4n) is 2.05. The maximum atomic E-state index is 11.9. The van der Waals surface area contributed by atoms with Gasteiger partial charge >= 0.3 is 0 Å². The van der Waals surface area contributed by atoms with Crippen molar-refractivity contribution in [1.29, 1.82) is 0 Å². The van der Waals surface area contributed by atoms with E-state index in [1.54, 1.807) is 28.0 Å². The third-order valence-corrected chi connectivity index (χ3v) is 4.62. The lowest BCUT2D eigenvalue weighted by molar-refractivity contribution is 0.203. The maximum absolute atomic E-state index is 11.9. The van der Waals surface area contributed by atoms with Gasteiger partial charge in [-0.25, -0.2) is 13.1 Å². The second-order valence-electron chi connectivity index (χ2n) is 5.69. The number of hydrogen-bond donors (Lipinski definition) is 3. The molecule has 0 atom stereocenters. The first-order chi connectivity index (χ1) is 11.4. The lowest BCUT2D eigenvalue weighted by Gasteiger charge is -2.12. The van der Waals surface area contributed by atoms with Crippen LogP contribution in [0.15, 0.2) is 29.3 Å². The molecule has 0 saturated carbocycles. The van der Waals surface area contributed by atoms with Crippen molar-refractivity contribution in [2.45, 2.75) is 32.2 Å². The van der Waals surface area contributed by atoms with Gasteiger partial charge in [0, 0.05) is 33.3 Å². The van der Waals surface area contributed by atoms with Gasteiger partial charge in [0.05, 0.1) is 12.4 Å². The van der Waals surface area contributed by atoms with E-state index in [1.807, 2.05) is 24.3 Å². The number of hydrogen-bond acceptors (Lipinski definition) is 4. The molecule has 0 saturated heterocycles. The Kier molecular flexibility index (Phi) is 8.73. The Morgan fingerprint density at radius 3 is 2.33 bits per heavy atom. The quantitative estimate of drug-likeness (QED) is 0.346. The van der Waals surface area contributed by atoms with Gasteiger partial charge in [-0.15, -0.1) is 0 Å². The lowest BCUT2D eigenvalue weighted by atomic mass is 10.1. The molecular weight excluding hydrogens is 328 g/mol. The van der Waals surface area contributed by atoms with Crippen LogP contribution in [0.2, 0.25) is 0 Å².